The molecule has 1 atom stereocenters. The van der Waals surface area contributed by atoms with Crippen LogP contribution < -0.4 is 4.90 Å². The minimum absolute atomic E-state index is 0.0954. The molecule has 1 aliphatic rings. The van der Waals surface area contributed by atoms with Gasteiger partial charge in [0.2, 0.25) is 5.91 Å². The number of hydrogen-bond acceptors (Lipinski definition) is 2. The number of hydrogen-bond donors (Lipinski definition) is 1. The highest BCUT2D eigenvalue weighted by molar-refractivity contribution is 7.81. The van der Waals surface area contributed by atoms with Gasteiger partial charge in [0.05, 0.1) is 5.75 Å². The van der Waals surface area contributed by atoms with Gasteiger partial charge < -0.3 is 4.90 Å². The number of fused-ring (bicyclic) bond motifs is 1. The Balaban J connectivity index is 2.41. The number of nitrogens with zero attached hydrogens (tertiary/aromatic N) is 1. The Morgan fingerprint density at radius 1 is 1.53 bits per heavy atom. The van der Waals surface area contributed by atoms with Crippen molar-refractivity contribution in [2.24, 2.45) is 0 Å². The third-order valence-electron chi connectivity index (χ3n) is 2.93. The number of thiol groups is 1. The van der Waals surface area contributed by atoms with Crippen molar-refractivity contribution in [2.45, 2.75) is 25.8 Å². The molecule has 0 spiro atoms. The van der Waals surface area contributed by atoms with Gasteiger partial charge in [-0.25, -0.2) is 0 Å². The van der Waals surface area contributed by atoms with Crippen molar-refractivity contribution in [3.63, 3.8) is 0 Å². The van der Waals surface area contributed by atoms with E-state index in [1.54, 1.807) is 0 Å². The SMILES string of the molecule is CC1CCc2ccccc2N1C(=O)CS. The van der Waals surface area contributed by atoms with Gasteiger partial charge in [0.15, 0.2) is 0 Å². The van der Waals surface area contributed by atoms with Crippen LogP contribution in [0.3, 0.4) is 0 Å². The first-order valence-corrected chi connectivity index (χ1v) is 5.88. The molecule has 0 bridgehead atoms. The summed E-state index contributed by atoms with van der Waals surface area (Å²) in [6.07, 6.45) is 2.10. The van der Waals surface area contributed by atoms with Gasteiger partial charge in [-0.05, 0) is 31.4 Å². The Morgan fingerprint density at radius 2 is 2.27 bits per heavy atom. The highest BCUT2D eigenvalue weighted by Crippen LogP contribution is 2.30. The summed E-state index contributed by atoms with van der Waals surface area (Å²) in [5.41, 5.74) is 2.33. The molecule has 3 heteroatoms. The Labute approximate surface area is 95.7 Å². The van der Waals surface area contributed by atoms with Crippen LogP contribution in [0.25, 0.3) is 0 Å². The van der Waals surface area contributed by atoms with Crippen molar-refractivity contribution in [1.29, 1.82) is 0 Å². The van der Waals surface area contributed by atoms with E-state index in [0.717, 1.165) is 18.5 Å². The second kappa shape index (κ2) is 4.27. The van der Waals surface area contributed by atoms with E-state index in [4.69, 9.17) is 0 Å². The Kier molecular flexibility index (Phi) is 3.00. The molecule has 1 aliphatic heterocycles. The second-order valence-electron chi connectivity index (χ2n) is 3.94. The topological polar surface area (TPSA) is 20.3 Å². The number of benzene rings is 1. The van der Waals surface area contributed by atoms with Crippen molar-refractivity contribution >= 4 is 24.2 Å². The van der Waals surface area contributed by atoms with E-state index in [0.29, 0.717) is 6.04 Å². The normalized spacial score (nSPS) is 19.9. The van der Waals surface area contributed by atoms with Crippen molar-refractivity contribution in [1.82, 2.24) is 0 Å². The maximum absolute atomic E-state index is 11.8. The minimum Gasteiger partial charge on any atom is -0.309 e. The molecule has 0 saturated heterocycles. The fraction of sp³-hybridized carbons (Fsp3) is 0.417. The highest BCUT2D eigenvalue weighted by Gasteiger charge is 2.26. The van der Waals surface area contributed by atoms with Crippen molar-refractivity contribution < 1.29 is 4.79 Å². The van der Waals surface area contributed by atoms with Crippen molar-refractivity contribution in [3.8, 4) is 0 Å². The molecule has 0 radical (unpaired) electrons. The van der Waals surface area contributed by atoms with Gasteiger partial charge in [-0.3, -0.25) is 4.79 Å². The number of rotatable bonds is 1. The van der Waals surface area contributed by atoms with Gasteiger partial charge >= 0.3 is 0 Å². The smallest absolute Gasteiger partial charge is 0.236 e. The molecule has 1 unspecified atom stereocenters. The first kappa shape index (κ1) is 10.6. The molecule has 0 fully saturated rings. The lowest BCUT2D eigenvalue weighted by Crippen LogP contribution is -2.42. The highest BCUT2D eigenvalue weighted by atomic mass is 32.1. The number of carbonyl (C=O) groups is 1. The van der Waals surface area contributed by atoms with Crippen LogP contribution in [0.5, 0.6) is 0 Å². The molecule has 0 N–H and O–H groups in total. The van der Waals surface area contributed by atoms with Crippen LogP contribution in [0.2, 0.25) is 0 Å². The summed E-state index contributed by atoms with van der Waals surface area (Å²) in [4.78, 5) is 13.7. The molecule has 15 heavy (non-hydrogen) atoms. The van der Waals surface area contributed by atoms with Crippen LogP contribution in [0, 0.1) is 0 Å². The van der Waals surface area contributed by atoms with Crippen LogP contribution >= 0.6 is 12.6 Å². The molecule has 0 aromatic heterocycles. The predicted molar refractivity (Wildman–Crippen MR) is 65.6 cm³/mol. The van der Waals surface area contributed by atoms with Crippen LogP contribution in [0.15, 0.2) is 24.3 Å². The van der Waals surface area contributed by atoms with Crippen LogP contribution in [-0.4, -0.2) is 17.7 Å². The summed E-state index contributed by atoms with van der Waals surface area (Å²) in [6.45, 7) is 2.09. The molecule has 1 aromatic rings. The molecule has 2 nitrogen and oxygen atoms in total. The largest absolute Gasteiger partial charge is 0.309 e. The lowest BCUT2D eigenvalue weighted by Gasteiger charge is -2.35. The monoisotopic (exact) mass is 221 g/mol. The first-order valence-electron chi connectivity index (χ1n) is 5.25. The predicted octanol–water partition coefficient (Wildman–Crippen LogP) is 2.28. The summed E-state index contributed by atoms with van der Waals surface area (Å²) in [6, 6.07) is 8.42. The van der Waals surface area contributed by atoms with E-state index < -0.39 is 0 Å². The number of para-hydroxylation sites is 1. The first-order chi connectivity index (χ1) is 7.24. The van der Waals surface area contributed by atoms with Gasteiger partial charge in [0.1, 0.15) is 0 Å². The standard InChI is InChI=1S/C12H15NOS/c1-9-6-7-10-4-2-3-5-11(10)13(9)12(14)8-15/h2-5,9,15H,6-8H2,1H3. The number of carbonyl (C=O) groups excluding carboxylic acids is 1. The Bertz CT molecular complexity index is 378. The quantitative estimate of drug-likeness (QED) is 0.721. The molecule has 1 heterocycles. The van der Waals surface area contributed by atoms with E-state index in [1.807, 2.05) is 23.1 Å². The van der Waals surface area contributed by atoms with E-state index in [-0.39, 0.29) is 11.7 Å². The average Bonchev–Trinajstić information content (AvgIpc) is 2.28. The maximum Gasteiger partial charge on any atom is 0.236 e. The molecule has 80 valence electrons. The average molecular weight is 221 g/mol. The van der Waals surface area contributed by atoms with Gasteiger partial charge in [0, 0.05) is 11.7 Å². The van der Waals surface area contributed by atoms with Crippen LogP contribution in [0.4, 0.5) is 5.69 Å². The molecule has 1 amide bonds. The third kappa shape index (κ3) is 1.88. The van der Waals surface area contributed by atoms with E-state index in [2.05, 4.69) is 25.6 Å². The fourth-order valence-corrected chi connectivity index (χ4v) is 2.30. The van der Waals surface area contributed by atoms with Crippen LogP contribution in [0.1, 0.15) is 18.9 Å². The zero-order valence-electron chi connectivity index (χ0n) is 8.81. The van der Waals surface area contributed by atoms with E-state index >= 15 is 0 Å². The van der Waals surface area contributed by atoms with Gasteiger partial charge in [0.25, 0.3) is 0 Å². The zero-order chi connectivity index (χ0) is 10.8. The number of aryl methyl sites for hydroxylation is 1. The van der Waals surface area contributed by atoms with Gasteiger partial charge in [-0.15, -0.1) is 0 Å². The molecule has 0 saturated carbocycles. The molecular formula is C12H15NOS. The summed E-state index contributed by atoms with van der Waals surface area (Å²) >= 11 is 4.07. The lowest BCUT2D eigenvalue weighted by atomic mass is 9.97. The summed E-state index contributed by atoms with van der Waals surface area (Å²) in [7, 11) is 0. The van der Waals surface area contributed by atoms with Crippen molar-refractivity contribution in [3.05, 3.63) is 29.8 Å². The van der Waals surface area contributed by atoms with E-state index in [9.17, 15) is 4.79 Å². The van der Waals surface area contributed by atoms with Gasteiger partial charge in [-0.2, -0.15) is 12.6 Å². The third-order valence-corrected chi connectivity index (χ3v) is 3.20. The number of anilines is 1. The summed E-state index contributed by atoms with van der Waals surface area (Å²) in [5.74, 6) is 0.372. The zero-order valence-corrected chi connectivity index (χ0v) is 9.71. The van der Waals surface area contributed by atoms with Crippen LogP contribution in [-0.2, 0) is 11.2 Å². The minimum atomic E-state index is 0.0954. The molecule has 2 rings (SSSR count). The van der Waals surface area contributed by atoms with Gasteiger partial charge in [-0.1, -0.05) is 18.2 Å². The second-order valence-corrected chi connectivity index (χ2v) is 4.25. The Hall–Kier alpha value is -0.960. The summed E-state index contributed by atoms with van der Waals surface area (Å²) < 4.78 is 0. The lowest BCUT2D eigenvalue weighted by molar-refractivity contribution is -0.116. The fourth-order valence-electron chi connectivity index (χ4n) is 2.14. The molecular weight excluding hydrogens is 206 g/mol. The Morgan fingerprint density at radius 3 is 3.00 bits per heavy atom. The molecule has 0 aliphatic carbocycles. The summed E-state index contributed by atoms with van der Waals surface area (Å²) in [5, 5.41) is 0. The molecule has 1 aromatic carbocycles. The van der Waals surface area contributed by atoms with E-state index in [1.165, 1.54) is 5.56 Å². The number of amides is 1. The maximum atomic E-state index is 11.8. The van der Waals surface area contributed by atoms with Crippen molar-refractivity contribution in [2.75, 3.05) is 10.7 Å².